The summed E-state index contributed by atoms with van der Waals surface area (Å²) in [5.74, 6) is 0. The normalized spacial score (nSPS) is 13.8. The molecule has 7 aromatic rings. The highest BCUT2D eigenvalue weighted by atomic mass is 35.8. The van der Waals surface area contributed by atoms with Gasteiger partial charge in [0, 0.05) is 68.1 Å². The Kier molecular flexibility index (Phi) is 7.24. The monoisotopic (exact) mass is 828 g/mol. The maximum Gasteiger partial charge on any atom is 0.373 e. The van der Waals surface area contributed by atoms with Gasteiger partial charge in [-0.2, -0.15) is 0 Å². The topological polar surface area (TPSA) is 0 Å². The fourth-order valence-electron chi connectivity index (χ4n) is 6.12. The SMILES string of the molecule is Sc1c(S)c2c(S)c(S)c3c([Si](Cl)(Cl)Cl)c([Si](Cl)(Cl)Cl)c4c(Cl)c(Cl)c5c(Cl)c(Cl)c6ccc1c1c6c5c4c3c21. The Labute approximate surface area is 298 Å². The van der Waals surface area contributed by atoms with Gasteiger partial charge in [0.05, 0.1) is 20.1 Å². The lowest BCUT2D eigenvalue weighted by atomic mass is 9.82. The van der Waals surface area contributed by atoms with Crippen molar-refractivity contribution in [1.29, 1.82) is 0 Å². The van der Waals surface area contributed by atoms with E-state index in [1.165, 1.54) is 0 Å². The van der Waals surface area contributed by atoms with Crippen LogP contribution in [0.3, 0.4) is 0 Å². The van der Waals surface area contributed by atoms with E-state index in [1.807, 2.05) is 12.1 Å². The molecule has 0 aliphatic carbocycles. The molecule has 0 N–H and O–H groups in total. The van der Waals surface area contributed by atoms with Crippen LogP contribution in [0.4, 0.5) is 0 Å². The molecule has 0 aliphatic heterocycles. The van der Waals surface area contributed by atoms with E-state index >= 15 is 0 Å². The highest BCUT2D eigenvalue weighted by Crippen LogP contribution is 2.58. The third-order valence-corrected chi connectivity index (χ3v) is 17.1. The molecular formula is C24H6Cl10S4Si2. The van der Waals surface area contributed by atoms with Gasteiger partial charge in [-0.05, 0) is 26.5 Å². The summed E-state index contributed by atoms with van der Waals surface area (Å²) in [6, 6.07) is -3.88. The van der Waals surface area contributed by atoms with E-state index in [9.17, 15) is 0 Å². The predicted octanol–water partition coefficient (Wildman–Crippen LogP) is 12.4. The minimum Gasteiger partial charge on any atom is -0.142 e. The van der Waals surface area contributed by atoms with Gasteiger partial charge in [-0.25, -0.2) is 0 Å². The lowest BCUT2D eigenvalue weighted by Crippen LogP contribution is -2.51. The van der Waals surface area contributed by atoms with Crippen LogP contribution in [0, 0.1) is 0 Å². The fourth-order valence-corrected chi connectivity index (χ4v) is 16.7. The fraction of sp³-hybridized carbons (Fsp3) is 0. The van der Waals surface area contributed by atoms with Gasteiger partial charge in [-0.1, -0.05) is 58.5 Å². The molecule has 0 atom stereocenters. The van der Waals surface area contributed by atoms with E-state index in [4.69, 9.17) is 163 Å². The number of rotatable bonds is 2. The first kappa shape index (κ1) is 30.3. The molecule has 40 heavy (non-hydrogen) atoms. The second-order valence-corrected chi connectivity index (χ2v) is 29.3. The van der Waals surface area contributed by atoms with Crippen LogP contribution in [0.25, 0.3) is 64.6 Å². The quantitative estimate of drug-likeness (QED) is 0.0431. The van der Waals surface area contributed by atoms with Crippen LogP contribution in [-0.2, 0) is 0 Å². The van der Waals surface area contributed by atoms with Crippen LogP contribution >= 0.6 is 163 Å². The molecule has 0 bridgehead atoms. The third kappa shape index (κ3) is 3.68. The summed E-state index contributed by atoms with van der Waals surface area (Å²) in [4.78, 5) is 2.19. The Balaban J connectivity index is 2.10. The average molecular weight is 833 g/mol. The van der Waals surface area contributed by atoms with Crippen LogP contribution in [0.15, 0.2) is 31.7 Å². The maximum atomic E-state index is 7.07. The molecule has 16 heteroatoms. The summed E-state index contributed by atoms with van der Waals surface area (Å²) in [5, 5.41) is 9.43. The average Bonchev–Trinajstić information content (AvgIpc) is 2.86. The molecule has 0 heterocycles. The van der Waals surface area contributed by atoms with Crippen LogP contribution in [0.5, 0.6) is 0 Å². The largest absolute Gasteiger partial charge is 0.373 e. The van der Waals surface area contributed by atoms with Gasteiger partial charge in [-0.15, -0.1) is 117 Å². The highest BCUT2D eigenvalue weighted by molar-refractivity contribution is 7.85. The van der Waals surface area contributed by atoms with Crippen LogP contribution in [0.1, 0.15) is 0 Å². The van der Waals surface area contributed by atoms with E-state index in [0.29, 0.717) is 67.7 Å². The van der Waals surface area contributed by atoms with Crippen molar-refractivity contribution in [3.8, 4) is 0 Å². The lowest BCUT2D eigenvalue weighted by Gasteiger charge is -2.31. The second-order valence-electron chi connectivity index (χ2n) is 9.31. The van der Waals surface area contributed by atoms with E-state index in [0.717, 1.165) is 21.5 Å². The van der Waals surface area contributed by atoms with Crippen molar-refractivity contribution in [1.82, 2.24) is 0 Å². The summed E-state index contributed by atoms with van der Waals surface area (Å²) in [6.07, 6.45) is 0. The van der Waals surface area contributed by atoms with Crippen LogP contribution in [-0.4, -0.2) is 12.0 Å². The molecule has 0 saturated carbocycles. The first-order valence-corrected chi connectivity index (χ1v) is 24.3. The first-order chi connectivity index (χ1) is 18.5. The zero-order valence-corrected chi connectivity index (χ0v) is 31.9. The van der Waals surface area contributed by atoms with E-state index in [1.54, 1.807) is 0 Å². The molecule has 0 spiro atoms. The molecule has 0 radical (unpaired) electrons. The third-order valence-electron chi connectivity index (χ3n) is 7.47. The van der Waals surface area contributed by atoms with Gasteiger partial charge in [0.2, 0.25) is 0 Å². The molecule has 204 valence electrons. The van der Waals surface area contributed by atoms with Crippen LogP contribution in [0.2, 0.25) is 20.1 Å². The maximum absolute atomic E-state index is 7.07. The van der Waals surface area contributed by atoms with Gasteiger partial charge in [0.1, 0.15) is 0 Å². The first-order valence-electron chi connectivity index (χ1n) is 10.9. The number of hydrogen-bond donors (Lipinski definition) is 4. The Morgan fingerprint density at radius 2 is 0.750 bits per heavy atom. The van der Waals surface area contributed by atoms with Gasteiger partial charge >= 0.3 is 12.0 Å². The zero-order valence-electron chi connectivity index (χ0n) is 18.7. The Morgan fingerprint density at radius 1 is 0.375 bits per heavy atom. The Morgan fingerprint density at radius 3 is 1.35 bits per heavy atom. The minimum atomic E-state index is -3.86. The molecule has 0 unspecified atom stereocenters. The van der Waals surface area contributed by atoms with Gasteiger partial charge in [0.15, 0.2) is 0 Å². The number of hydrogen-bond acceptors (Lipinski definition) is 4. The molecule has 0 amide bonds. The van der Waals surface area contributed by atoms with E-state index < -0.39 is 12.0 Å². The number of halogens is 10. The van der Waals surface area contributed by atoms with Crippen molar-refractivity contribution in [2.75, 3.05) is 0 Å². The lowest BCUT2D eigenvalue weighted by molar-refractivity contribution is 1.30. The standard InChI is InChI=1S/C24H6Cl10S4Si2/c25-15-3-1-2-4-6-5(3)7-9-10-8(6)13(20(36)19(4)35)21(37)22(38)14(10)24(40(32,33)34)23(39(29,30)31)12(9)18(28)17(27)11(7)16(15)26/h1-2,35-38H. The molecule has 0 aliphatic rings. The minimum absolute atomic E-state index is 0.109. The Bertz CT molecular complexity index is 2120. The molecular weight excluding hydrogens is 827 g/mol. The number of benzene rings is 7. The molecule has 7 rings (SSSR count). The van der Waals surface area contributed by atoms with Gasteiger partial charge in [0.25, 0.3) is 0 Å². The van der Waals surface area contributed by atoms with Crippen molar-refractivity contribution in [3.63, 3.8) is 0 Å². The zero-order chi connectivity index (χ0) is 29.1. The second kappa shape index (κ2) is 9.57. The Hall–Kier alpha value is 1.61. The molecule has 0 nitrogen and oxygen atoms in total. The number of thiol groups is 4. The molecule has 7 aromatic carbocycles. The van der Waals surface area contributed by atoms with Gasteiger partial charge < -0.3 is 0 Å². The van der Waals surface area contributed by atoms with Gasteiger partial charge in [-0.3, -0.25) is 0 Å². The summed E-state index contributed by atoms with van der Waals surface area (Å²) in [5.41, 5.74) is 0. The highest BCUT2D eigenvalue weighted by Gasteiger charge is 2.46. The molecule has 0 aromatic heterocycles. The van der Waals surface area contributed by atoms with Crippen molar-refractivity contribution < 1.29 is 0 Å². The van der Waals surface area contributed by atoms with Crippen LogP contribution < -0.4 is 10.4 Å². The van der Waals surface area contributed by atoms with E-state index in [2.05, 4.69) is 0 Å². The van der Waals surface area contributed by atoms with Crippen molar-refractivity contribution in [2.45, 2.75) is 19.6 Å². The van der Waals surface area contributed by atoms with Crippen molar-refractivity contribution >= 4 is 250 Å². The molecule has 0 fully saturated rings. The predicted molar refractivity (Wildman–Crippen MR) is 200 cm³/mol. The summed E-state index contributed by atoms with van der Waals surface area (Å²) < 4.78 is 0. The van der Waals surface area contributed by atoms with E-state index in [-0.39, 0.29) is 25.4 Å². The summed E-state index contributed by atoms with van der Waals surface area (Å²) >= 11 is 88.3. The van der Waals surface area contributed by atoms with Crippen molar-refractivity contribution in [3.05, 3.63) is 32.2 Å². The van der Waals surface area contributed by atoms with Crippen molar-refractivity contribution in [2.24, 2.45) is 0 Å². The summed E-state index contributed by atoms with van der Waals surface area (Å²) in [6.45, 7) is 0. The smallest absolute Gasteiger partial charge is 0.142 e. The summed E-state index contributed by atoms with van der Waals surface area (Å²) in [7, 11) is 0. The molecule has 0 saturated heterocycles.